The van der Waals surface area contributed by atoms with Crippen molar-refractivity contribution < 1.29 is 18.8 Å². The molecular formula is C20H18FN5O3S. The summed E-state index contributed by atoms with van der Waals surface area (Å²) in [7, 11) is 0. The number of anilines is 1. The van der Waals surface area contributed by atoms with E-state index in [1.807, 2.05) is 0 Å². The number of thiazole rings is 1. The van der Waals surface area contributed by atoms with Gasteiger partial charge in [0.15, 0.2) is 5.13 Å². The molecule has 4 rings (SSSR count). The quantitative estimate of drug-likeness (QED) is 0.669. The second-order valence-corrected chi connectivity index (χ2v) is 7.82. The number of hydrogen-bond acceptors (Lipinski definition) is 5. The first-order chi connectivity index (χ1) is 14.4. The molecule has 4 amide bonds. The molecule has 8 nitrogen and oxygen atoms in total. The lowest BCUT2D eigenvalue weighted by Gasteiger charge is -2.34. The Balaban J connectivity index is 1.37. The Hall–Kier alpha value is -3.53. The lowest BCUT2D eigenvalue weighted by atomic mass is 10.2. The van der Waals surface area contributed by atoms with Gasteiger partial charge in [0, 0.05) is 37.3 Å². The molecule has 1 fully saturated rings. The van der Waals surface area contributed by atoms with Crippen LogP contribution in [0, 0.1) is 5.82 Å². The molecule has 1 aliphatic heterocycles. The predicted molar refractivity (Wildman–Crippen MR) is 111 cm³/mol. The number of nitrogens with one attached hydrogen (secondary N) is 1. The van der Waals surface area contributed by atoms with Crippen LogP contribution in [0.15, 0.2) is 42.5 Å². The van der Waals surface area contributed by atoms with Crippen molar-refractivity contribution in [1.29, 1.82) is 0 Å². The number of urea groups is 1. The molecule has 3 aromatic rings. The van der Waals surface area contributed by atoms with E-state index in [4.69, 9.17) is 5.73 Å². The Morgan fingerprint density at radius 1 is 1.00 bits per heavy atom. The van der Waals surface area contributed by atoms with Gasteiger partial charge in [-0.15, -0.1) is 0 Å². The van der Waals surface area contributed by atoms with Crippen LogP contribution in [0.1, 0.15) is 20.7 Å². The van der Waals surface area contributed by atoms with Gasteiger partial charge in [0.2, 0.25) is 5.91 Å². The molecule has 1 aromatic heterocycles. The Morgan fingerprint density at radius 3 is 2.43 bits per heavy atom. The van der Waals surface area contributed by atoms with Gasteiger partial charge in [-0.2, -0.15) is 0 Å². The van der Waals surface area contributed by atoms with Gasteiger partial charge in [-0.25, -0.2) is 14.2 Å². The number of halogens is 1. The minimum atomic E-state index is -0.526. The third-order valence-electron chi connectivity index (χ3n) is 4.81. The summed E-state index contributed by atoms with van der Waals surface area (Å²) in [4.78, 5) is 43.9. The number of fused-ring (bicyclic) bond motifs is 1. The van der Waals surface area contributed by atoms with E-state index in [1.165, 1.54) is 29.5 Å². The van der Waals surface area contributed by atoms with Crippen LogP contribution in [0.25, 0.3) is 10.2 Å². The van der Waals surface area contributed by atoms with Gasteiger partial charge in [-0.3, -0.25) is 14.9 Å². The van der Waals surface area contributed by atoms with Crippen LogP contribution in [-0.2, 0) is 0 Å². The number of aromatic nitrogens is 1. The summed E-state index contributed by atoms with van der Waals surface area (Å²) in [5, 5.41) is 3.17. The van der Waals surface area contributed by atoms with E-state index in [1.54, 1.807) is 34.1 Å². The highest BCUT2D eigenvalue weighted by Crippen LogP contribution is 2.27. The smallest absolute Gasteiger partial charge is 0.323 e. The van der Waals surface area contributed by atoms with Gasteiger partial charge in [0.05, 0.1) is 10.2 Å². The van der Waals surface area contributed by atoms with Crippen molar-refractivity contribution in [2.45, 2.75) is 0 Å². The second-order valence-electron chi connectivity index (χ2n) is 6.79. The number of rotatable bonds is 3. The van der Waals surface area contributed by atoms with Crippen LogP contribution in [0.5, 0.6) is 0 Å². The zero-order valence-electron chi connectivity index (χ0n) is 15.8. The fourth-order valence-corrected chi connectivity index (χ4v) is 4.11. The largest absolute Gasteiger partial charge is 0.366 e. The molecule has 1 saturated heterocycles. The van der Waals surface area contributed by atoms with Crippen LogP contribution >= 0.6 is 11.3 Å². The van der Waals surface area contributed by atoms with Crippen LogP contribution in [0.3, 0.4) is 0 Å². The standard InChI is InChI=1S/C20H18FN5O3S/c21-14-3-1-2-13(10-14)18(28)25-6-8-26(9-7-25)20(29)24-19-23-15-5-4-12(17(22)27)11-16(15)30-19/h1-5,10-11H,6-9H2,(H2,22,27)(H,23,24,29). The molecule has 0 aliphatic carbocycles. The summed E-state index contributed by atoms with van der Waals surface area (Å²) in [6.07, 6.45) is 0. The normalized spacial score (nSPS) is 14.0. The molecule has 0 bridgehead atoms. The summed E-state index contributed by atoms with van der Waals surface area (Å²) in [6.45, 7) is 1.41. The molecule has 2 heterocycles. The molecule has 0 spiro atoms. The fourth-order valence-electron chi connectivity index (χ4n) is 3.22. The van der Waals surface area contributed by atoms with Crippen molar-refractivity contribution in [1.82, 2.24) is 14.8 Å². The average Bonchev–Trinajstić information content (AvgIpc) is 3.14. The number of benzene rings is 2. The zero-order valence-corrected chi connectivity index (χ0v) is 16.6. The summed E-state index contributed by atoms with van der Waals surface area (Å²) >= 11 is 1.25. The Morgan fingerprint density at radius 2 is 1.73 bits per heavy atom. The number of carbonyl (C=O) groups is 3. The van der Waals surface area contributed by atoms with Crippen molar-refractivity contribution in [2.24, 2.45) is 5.73 Å². The van der Waals surface area contributed by atoms with Crippen LogP contribution < -0.4 is 11.1 Å². The maximum Gasteiger partial charge on any atom is 0.323 e. The van der Waals surface area contributed by atoms with Crippen molar-refractivity contribution in [3.05, 3.63) is 59.4 Å². The van der Waals surface area contributed by atoms with Crippen LogP contribution in [0.4, 0.5) is 14.3 Å². The van der Waals surface area contributed by atoms with Gasteiger partial charge in [-0.05, 0) is 36.4 Å². The minimum Gasteiger partial charge on any atom is -0.366 e. The van der Waals surface area contributed by atoms with E-state index >= 15 is 0 Å². The van der Waals surface area contributed by atoms with E-state index < -0.39 is 11.7 Å². The Labute approximate surface area is 175 Å². The lowest BCUT2D eigenvalue weighted by molar-refractivity contribution is 0.0671. The van der Waals surface area contributed by atoms with Gasteiger partial charge in [0.25, 0.3) is 5.91 Å². The lowest BCUT2D eigenvalue weighted by Crippen LogP contribution is -2.51. The summed E-state index contributed by atoms with van der Waals surface area (Å²) in [5.41, 5.74) is 6.61. The third kappa shape index (κ3) is 4.08. The maximum absolute atomic E-state index is 13.3. The summed E-state index contributed by atoms with van der Waals surface area (Å²) < 4.78 is 14.1. The molecule has 0 atom stereocenters. The van der Waals surface area contributed by atoms with Gasteiger partial charge >= 0.3 is 6.03 Å². The first kappa shape index (κ1) is 19.8. The Kier molecular flexibility index (Phi) is 5.32. The maximum atomic E-state index is 13.3. The van der Waals surface area contributed by atoms with Crippen molar-refractivity contribution >= 4 is 44.5 Å². The first-order valence-electron chi connectivity index (χ1n) is 9.22. The number of nitrogens with two attached hydrogens (primary N) is 1. The van der Waals surface area contributed by atoms with Crippen molar-refractivity contribution in [3.8, 4) is 0 Å². The highest BCUT2D eigenvalue weighted by atomic mass is 32.1. The molecule has 0 radical (unpaired) electrons. The molecule has 2 aromatic carbocycles. The number of primary amides is 1. The molecule has 1 aliphatic rings. The third-order valence-corrected chi connectivity index (χ3v) is 5.75. The summed E-state index contributed by atoms with van der Waals surface area (Å²) in [5.74, 6) is -1.25. The highest BCUT2D eigenvalue weighted by molar-refractivity contribution is 7.22. The van der Waals surface area contributed by atoms with Crippen molar-refractivity contribution in [3.63, 3.8) is 0 Å². The van der Waals surface area contributed by atoms with E-state index in [0.29, 0.717) is 42.4 Å². The molecular weight excluding hydrogens is 409 g/mol. The number of amides is 4. The molecule has 0 saturated carbocycles. The van der Waals surface area contributed by atoms with Gasteiger partial charge in [0.1, 0.15) is 5.82 Å². The summed E-state index contributed by atoms with van der Waals surface area (Å²) in [6, 6.07) is 10.2. The van der Waals surface area contributed by atoms with Crippen molar-refractivity contribution in [2.75, 3.05) is 31.5 Å². The minimum absolute atomic E-state index is 0.258. The van der Waals surface area contributed by atoms with E-state index in [-0.39, 0.29) is 17.5 Å². The average molecular weight is 427 g/mol. The molecule has 3 N–H and O–H groups in total. The number of hydrogen-bond donors (Lipinski definition) is 2. The number of nitrogens with zero attached hydrogens (tertiary/aromatic N) is 3. The molecule has 30 heavy (non-hydrogen) atoms. The monoisotopic (exact) mass is 427 g/mol. The SMILES string of the molecule is NC(=O)c1ccc2nc(NC(=O)N3CCN(C(=O)c4cccc(F)c4)CC3)sc2c1. The van der Waals surface area contributed by atoms with Gasteiger partial charge in [-0.1, -0.05) is 17.4 Å². The fraction of sp³-hybridized carbons (Fsp3) is 0.200. The molecule has 154 valence electrons. The zero-order chi connectivity index (χ0) is 21.3. The highest BCUT2D eigenvalue weighted by Gasteiger charge is 2.25. The van der Waals surface area contributed by atoms with E-state index in [9.17, 15) is 18.8 Å². The molecule has 0 unspecified atom stereocenters. The van der Waals surface area contributed by atoms with E-state index in [0.717, 1.165) is 4.70 Å². The van der Waals surface area contributed by atoms with E-state index in [2.05, 4.69) is 10.3 Å². The topological polar surface area (TPSA) is 109 Å². The first-order valence-corrected chi connectivity index (χ1v) is 10.0. The second kappa shape index (κ2) is 8.07. The molecule has 10 heteroatoms. The number of piperazine rings is 1. The number of carbonyl (C=O) groups excluding carboxylic acids is 3. The van der Waals surface area contributed by atoms with Gasteiger partial charge < -0.3 is 15.5 Å². The Bertz CT molecular complexity index is 1140. The predicted octanol–water partition coefficient (Wildman–Crippen LogP) is 2.52. The van der Waals surface area contributed by atoms with Crippen LogP contribution in [-0.4, -0.2) is 58.8 Å². The van der Waals surface area contributed by atoms with Crippen LogP contribution in [0.2, 0.25) is 0 Å².